The second kappa shape index (κ2) is 5.25. The molecule has 1 heterocycles. The van der Waals surface area contributed by atoms with E-state index in [1.807, 2.05) is 6.07 Å². The maximum absolute atomic E-state index is 13.6. The Morgan fingerprint density at radius 2 is 2.38 bits per heavy atom. The summed E-state index contributed by atoms with van der Waals surface area (Å²) in [7, 11) is 0. The van der Waals surface area contributed by atoms with E-state index in [1.165, 1.54) is 6.07 Å². The van der Waals surface area contributed by atoms with E-state index in [1.54, 1.807) is 6.07 Å². The molecular weight excluding hydrogens is 271 g/mol. The number of hydrogen-bond acceptors (Lipinski definition) is 2. The van der Waals surface area contributed by atoms with Crippen molar-refractivity contribution in [2.45, 2.75) is 19.5 Å². The lowest BCUT2D eigenvalue weighted by Gasteiger charge is -2.31. The van der Waals surface area contributed by atoms with Crippen molar-refractivity contribution < 1.29 is 4.39 Å². The van der Waals surface area contributed by atoms with Crippen LogP contribution in [0.1, 0.15) is 12.5 Å². The first-order valence-electron chi connectivity index (χ1n) is 5.55. The standard InChI is InChI=1S/C12H16BrFN2/c1-9-7-16(5-4-15-9)8-10-6-11(13)2-3-12(10)14/h2-3,6,9,15H,4-5,7-8H2,1H3/t9-/m1/s1. The van der Waals surface area contributed by atoms with Crippen LogP contribution in [0.25, 0.3) is 0 Å². The van der Waals surface area contributed by atoms with E-state index in [0.29, 0.717) is 12.6 Å². The smallest absolute Gasteiger partial charge is 0.127 e. The molecule has 1 atom stereocenters. The van der Waals surface area contributed by atoms with Crippen LogP contribution in [0.3, 0.4) is 0 Å². The van der Waals surface area contributed by atoms with E-state index in [4.69, 9.17) is 0 Å². The number of piperazine rings is 1. The minimum absolute atomic E-state index is 0.116. The normalized spacial score (nSPS) is 22.3. The van der Waals surface area contributed by atoms with Crippen LogP contribution in [-0.2, 0) is 6.54 Å². The summed E-state index contributed by atoms with van der Waals surface area (Å²) in [6, 6.07) is 5.61. The van der Waals surface area contributed by atoms with E-state index < -0.39 is 0 Å². The van der Waals surface area contributed by atoms with E-state index in [-0.39, 0.29) is 5.82 Å². The number of hydrogen-bond donors (Lipinski definition) is 1. The summed E-state index contributed by atoms with van der Waals surface area (Å²) in [4.78, 5) is 2.28. The van der Waals surface area contributed by atoms with Crippen molar-refractivity contribution in [3.8, 4) is 0 Å². The maximum atomic E-state index is 13.6. The summed E-state index contributed by atoms with van der Waals surface area (Å²) in [6.45, 7) is 5.79. The first-order valence-corrected chi connectivity index (χ1v) is 6.34. The summed E-state index contributed by atoms with van der Waals surface area (Å²) >= 11 is 3.38. The molecule has 0 amide bonds. The van der Waals surface area contributed by atoms with Gasteiger partial charge in [-0.15, -0.1) is 0 Å². The van der Waals surface area contributed by atoms with Gasteiger partial charge in [0.2, 0.25) is 0 Å². The minimum atomic E-state index is -0.116. The molecule has 0 unspecified atom stereocenters. The fourth-order valence-corrected chi connectivity index (χ4v) is 2.47. The van der Waals surface area contributed by atoms with Gasteiger partial charge in [0.15, 0.2) is 0 Å². The Morgan fingerprint density at radius 3 is 3.12 bits per heavy atom. The van der Waals surface area contributed by atoms with Crippen LogP contribution < -0.4 is 5.32 Å². The van der Waals surface area contributed by atoms with E-state index in [9.17, 15) is 4.39 Å². The molecule has 0 bridgehead atoms. The monoisotopic (exact) mass is 286 g/mol. The SMILES string of the molecule is C[C@@H]1CN(Cc2cc(Br)ccc2F)CCN1. The molecule has 2 nitrogen and oxygen atoms in total. The quantitative estimate of drug-likeness (QED) is 0.898. The maximum Gasteiger partial charge on any atom is 0.127 e. The van der Waals surface area contributed by atoms with Gasteiger partial charge >= 0.3 is 0 Å². The van der Waals surface area contributed by atoms with Gasteiger partial charge in [0.05, 0.1) is 0 Å². The average Bonchev–Trinajstić information content (AvgIpc) is 2.24. The number of rotatable bonds is 2. The third-order valence-electron chi connectivity index (χ3n) is 2.85. The van der Waals surface area contributed by atoms with Crippen molar-refractivity contribution in [2.75, 3.05) is 19.6 Å². The van der Waals surface area contributed by atoms with Gasteiger partial charge in [-0.3, -0.25) is 4.90 Å². The largest absolute Gasteiger partial charge is 0.312 e. The van der Waals surface area contributed by atoms with Gasteiger partial charge in [-0.2, -0.15) is 0 Å². The minimum Gasteiger partial charge on any atom is -0.312 e. The van der Waals surface area contributed by atoms with Crippen LogP contribution >= 0.6 is 15.9 Å². The number of benzene rings is 1. The van der Waals surface area contributed by atoms with Crippen molar-refractivity contribution >= 4 is 15.9 Å². The molecule has 1 N–H and O–H groups in total. The van der Waals surface area contributed by atoms with E-state index in [2.05, 4.69) is 33.1 Å². The fourth-order valence-electron chi connectivity index (χ4n) is 2.06. The van der Waals surface area contributed by atoms with E-state index >= 15 is 0 Å². The summed E-state index contributed by atoms with van der Waals surface area (Å²) in [5.74, 6) is -0.116. The molecule has 4 heteroatoms. The number of nitrogens with zero attached hydrogens (tertiary/aromatic N) is 1. The highest BCUT2D eigenvalue weighted by atomic mass is 79.9. The van der Waals surface area contributed by atoms with Crippen molar-refractivity contribution in [1.82, 2.24) is 10.2 Å². The number of nitrogens with one attached hydrogen (secondary N) is 1. The molecule has 1 saturated heterocycles. The van der Waals surface area contributed by atoms with Crippen LogP contribution in [0.5, 0.6) is 0 Å². The van der Waals surface area contributed by atoms with Crippen molar-refractivity contribution in [3.63, 3.8) is 0 Å². The lowest BCUT2D eigenvalue weighted by molar-refractivity contribution is 0.197. The summed E-state index contributed by atoms with van der Waals surface area (Å²) in [6.07, 6.45) is 0. The molecular formula is C12H16BrFN2. The Labute approximate surface area is 104 Å². The zero-order chi connectivity index (χ0) is 11.5. The molecule has 1 fully saturated rings. The van der Waals surface area contributed by atoms with Crippen molar-refractivity contribution in [2.24, 2.45) is 0 Å². The molecule has 88 valence electrons. The molecule has 0 spiro atoms. The molecule has 0 aliphatic carbocycles. The second-order valence-corrected chi connectivity index (χ2v) is 5.24. The molecule has 0 radical (unpaired) electrons. The van der Waals surface area contributed by atoms with Gasteiger partial charge in [0.1, 0.15) is 5.82 Å². The second-order valence-electron chi connectivity index (χ2n) is 4.33. The highest BCUT2D eigenvalue weighted by Gasteiger charge is 2.16. The zero-order valence-electron chi connectivity index (χ0n) is 9.34. The average molecular weight is 287 g/mol. The van der Waals surface area contributed by atoms with Gasteiger partial charge in [-0.25, -0.2) is 4.39 Å². The molecule has 1 aromatic carbocycles. The lowest BCUT2D eigenvalue weighted by Crippen LogP contribution is -2.48. The lowest BCUT2D eigenvalue weighted by atomic mass is 10.1. The molecule has 1 aliphatic rings. The molecule has 2 rings (SSSR count). The Kier molecular flexibility index (Phi) is 3.95. The van der Waals surface area contributed by atoms with Gasteiger partial charge in [0, 0.05) is 42.3 Å². The topological polar surface area (TPSA) is 15.3 Å². The van der Waals surface area contributed by atoms with Crippen LogP contribution in [0, 0.1) is 5.82 Å². The molecule has 0 aromatic heterocycles. The highest BCUT2D eigenvalue weighted by Crippen LogP contribution is 2.17. The third kappa shape index (κ3) is 3.03. The molecule has 0 saturated carbocycles. The van der Waals surface area contributed by atoms with Crippen LogP contribution in [0.2, 0.25) is 0 Å². The Bertz CT molecular complexity index is 370. The van der Waals surface area contributed by atoms with Gasteiger partial charge in [-0.1, -0.05) is 15.9 Å². The van der Waals surface area contributed by atoms with Gasteiger partial charge < -0.3 is 5.32 Å². The van der Waals surface area contributed by atoms with Crippen molar-refractivity contribution in [1.29, 1.82) is 0 Å². The molecule has 1 aromatic rings. The zero-order valence-corrected chi connectivity index (χ0v) is 10.9. The third-order valence-corrected chi connectivity index (χ3v) is 3.35. The molecule has 1 aliphatic heterocycles. The Morgan fingerprint density at radius 1 is 1.56 bits per heavy atom. The summed E-state index contributed by atoms with van der Waals surface area (Å²) < 4.78 is 14.5. The van der Waals surface area contributed by atoms with Crippen LogP contribution in [0.4, 0.5) is 4.39 Å². The summed E-state index contributed by atoms with van der Waals surface area (Å²) in [5.41, 5.74) is 0.767. The predicted octanol–water partition coefficient (Wildman–Crippen LogP) is 2.38. The first-order chi connectivity index (χ1) is 7.65. The predicted molar refractivity (Wildman–Crippen MR) is 66.8 cm³/mol. The van der Waals surface area contributed by atoms with Crippen LogP contribution in [-0.4, -0.2) is 30.6 Å². The Hall–Kier alpha value is -0.450. The van der Waals surface area contributed by atoms with Gasteiger partial charge in [-0.05, 0) is 25.1 Å². The molecule has 16 heavy (non-hydrogen) atoms. The van der Waals surface area contributed by atoms with E-state index in [0.717, 1.165) is 29.7 Å². The highest BCUT2D eigenvalue weighted by molar-refractivity contribution is 9.10. The van der Waals surface area contributed by atoms with Crippen LogP contribution in [0.15, 0.2) is 22.7 Å². The number of halogens is 2. The fraction of sp³-hybridized carbons (Fsp3) is 0.500. The van der Waals surface area contributed by atoms with Gasteiger partial charge in [0.25, 0.3) is 0 Å². The summed E-state index contributed by atoms with van der Waals surface area (Å²) in [5, 5.41) is 3.38. The Balaban J connectivity index is 2.05. The first kappa shape index (κ1) is 12.0. The van der Waals surface area contributed by atoms with Crippen molar-refractivity contribution in [3.05, 3.63) is 34.1 Å².